The van der Waals surface area contributed by atoms with Gasteiger partial charge in [0.05, 0.1) is 12.2 Å². The predicted molar refractivity (Wildman–Crippen MR) is 79.2 cm³/mol. The molecule has 1 aromatic rings. The third-order valence-electron chi connectivity index (χ3n) is 4.18. The summed E-state index contributed by atoms with van der Waals surface area (Å²) in [4.78, 5) is 1.47. The first-order chi connectivity index (χ1) is 8.76. The lowest BCUT2D eigenvalue weighted by atomic mass is 9.82. The van der Waals surface area contributed by atoms with Crippen molar-refractivity contribution in [2.75, 3.05) is 6.54 Å². The SMILES string of the molecule is CCNC(Cc1cc(Br)cs1)C1CC2CCC1O2. The second kappa shape index (κ2) is 5.61. The van der Waals surface area contributed by atoms with Crippen LogP contribution >= 0.6 is 27.3 Å². The van der Waals surface area contributed by atoms with Crippen LogP contribution in [0.2, 0.25) is 0 Å². The van der Waals surface area contributed by atoms with E-state index in [9.17, 15) is 0 Å². The average Bonchev–Trinajstić information content (AvgIpc) is 3.05. The standard InChI is InChI=1S/C14H20BrNOS/c1-2-16-13(7-11-5-9(15)8-18-11)12-6-10-3-4-14(12)17-10/h5,8,10,12-14,16H,2-4,6-7H2,1H3. The van der Waals surface area contributed by atoms with Gasteiger partial charge in [-0.2, -0.15) is 0 Å². The van der Waals surface area contributed by atoms with Crippen molar-refractivity contribution >= 4 is 27.3 Å². The van der Waals surface area contributed by atoms with Crippen LogP contribution in [0.5, 0.6) is 0 Å². The summed E-state index contributed by atoms with van der Waals surface area (Å²) >= 11 is 5.40. The molecule has 0 aromatic carbocycles. The minimum Gasteiger partial charge on any atom is -0.375 e. The molecule has 2 bridgehead atoms. The summed E-state index contributed by atoms with van der Waals surface area (Å²) in [6.07, 6.45) is 6.02. The zero-order valence-electron chi connectivity index (χ0n) is 10.7. The molecular formula is C14H20BrNOS. The van der Waals surface area contributed by atoms with Crippen LogP contribution in [0.4, 0.5) is 0 Å². The van der Waals surface area contributed by atoms with E-state index in [0.717, 1.165) is 13.0 Å². The summed E-state index contributed by atoms with van der Waals surface area (Å²) in [5, 5.41) is 5.85. The van der Waals surface area contributed by atoms with Crippen molar-refractivity contribution in [2.24, 2.45) is 5.92 Å². The molecule has 3 heterocycles. The van der Waals surface area contributed by atoms with Crippen molar-refractivity contribution in [1.29, 1.82) is 0 Å². The van der Waals surface area contributed by atoms with E-state index in [1.54, 1.807) is 0 Å². The maximum atomic E-state index is 6.01. The molecule has 0 spiro atoms. The van der Waals surface area contributed by atoms with E-state index in [-0.39, 0.29) is 0 Å². The molecule has 2 fully saturated rings. The fourth-order valence-corrected chi connectivity index (χ4v) is 4.93. The van der Waals surface area contributed by atoms with Gasteiger partial charge in [-0.25, -0.2) is 0 Å². The van der Waals surface area contributed by atoms with Crippen LogP contribution in [0.25, 0.3) is 0 Å². The van der Waals surface area contributed by atoms with Gasteiger partial charge < -0.3 is 10.1 Å². The number of fused-ring (bicyclic) bond motifs is 2. The number of nitrogens with one attached hydrogen (secondary N) is 1. The van der Waals surface area contributed by atoms with E-state index in [1.165, 1.54) is 28.6 Å². The first-order valence-electron chi connectivity index (χ1n) is 6.88. The molecular weight excluding hydrogens is 310 g/mol. The van der Waals surface area contributed by atoms with Gasteiger partial charge in [0.1, 0.15) is 0 Å². The average molecular weight is 330 g/mol. The molecule has 0 amide bonds. The maximum absolute atomic E-state index is 6.01. The number of hydrogen-bond acceptors (Lipinski definition) is 3. The summed E-state index contributed by atoms with van der Waals surface area (Å²) in [5.74, 6) is 0.713. The fourth-order valence-electron chi connectivity index (χ4n) is 3.42. The molecule has 3 rings (SSSR count). The predicted octanol–water partition coefficient (Wildman–Crippen LogP) is 3.60. The molecule has 18 heavy (non-hydrogen) atoms. The molecule has 2 aliphatic rings. The lowest BCUT2D eigenvalue weighted by Gasteiger charge is -2.28. The van der Waals surface area contributed by atoms with Crippen LogP contribution < -0.4 is 5.32 Å². The molecule has 4 heteroatoms. The number of thiophene rings is 1. The third-order valence-corrected chi connectivity index (χ3v) is 5.90. The van der Waals surface area contributed by atoms with Gasteiger partial charge in [-0.3, -0.25) is 0 Å². The second-order valence-corrected chi connectivity index (χ2v) is 7.28. The summed E-state index contributed by atoms with van der Waals surface area (Å²) < 4.78 is 7.22. The lowest BCUT2D eigenvalue weighted by Crippen LogP contribution is -2.42. The van der Waals surface area contributed by atoms with E-state index in [1.807, 2.05) is 11.3 Å². The Morgan fingerprint density at radius 1 is 1.56 bits per heavy atom. The number of rotatable bonds is 5. The van der Waals surface area contributed by atoms with E-state index in [4.69, 9.17) is 4.74 Å². The highest BCUT2D eigenvalue weighted by atomic mass is 79.9. The van der Waals surface area contributed by atoms with Crippen LogP contribution in [-0.2, 0) is 11.2 Å². The highest BCUT2D eigenvalue weighted by Crippen LogP contribution is 2.41. The van der Waals surface area contributed by atoms with Crippen molar-refractivity contribution in [3.8, 4) is 0 Å². The highest BCUT2D eigenvalue weighted by Gasteiger charge is 2.44. The van der Waals surface area contributed by atoms with Gasteiger partial charge in [0, 0.05) is 26.7 Å². The third kappa shape index (κ3) is 2.67. The Morgan fingerprint density at radius 3 is 3.00 bits per heavy atom. The molecule has 2 aliphatic heterocycles. The lowest BCUT2D eigenvalue weighted by molar-refractivity contribution is 0.0859. The van der Waals surface area contributed by atoms with Crippen LogP contribution in [0.1, 0.15) is 31.1 Å². The number of likely N-dealkylation sites (N-methyl/N-ethyl adjacent to an activating group) is 1. The summed E-state index contributed by atoms with van der Waals surface area (Å²) in [6.45, 7) is 3.25. The van der Waals surface area contributed by atoms with Gasteiger partial charge in [0.2, 0.25) is 0 Å². The van der Waals surface area contributed by atoms with Gasteiger partial charge in [-0.15, -0.1) is 11.3 Å². The largest absolute Gasteiger partial charge is 0.375 e. The molecule has 0 saturated carbocycles. The minimum absolute atomic E-state index is 0.516. The number of halogens is 1. The van der Waals surface area contributed by atoms with Crippen molar-refractivity contribution in [3.63, 3.8) is 0 Å². The van der Waals surface area contributed by atoms with Crippen LogP contribution in [0.15, 0.2) is 15.9 Å². The van der Waals surface area contributed by atoms with Crippen LogP contribution in [-0.4, -0.2) is 24.8 Å². The first kappa shape index (κ1) is 13.1. The quantitative estimate of drug-likeness (QED) is 0.891. The van der Waals surface area contributed by atoms with Crippen LogP contribution in [0, 0.1) is 5.92 Å². The molecule has 1 aromatic heterocycles. The van der Waals surface area contributed by atoms with Crippen molar-refractivity contribution in [2.45, 2.75) is 50.9 Å². The Labute approximate surface area is 121 Å². The van der Waals surface area contributed by atoms with Gasteiger partial charge in [0.25, 0.3) is 0 Å². The first-order valence-corrected chi connectivity index (χ1v) is 8.55. The van der Waals surface area contributed by atoms with Crippen molar-refractivity contribution in [1.82, 2.24) is 5.32 Å². The summed E-state index contributed by atoms with van der Waals surface area (Å²) in [5.41, 5.74) is 0. The monoisotopic (exact) mass is 329 g/mol. The molecule has 0 radical (unpaired) electrons. The topological polar surface area (TPSA) is 21.3 Å². The number of hydrogen-bond donors (Lipinski definition) is 1. The molecule has 100 valence electrons. The zero-order valence-corrected chi connectivity index (χ0v) is 13.1. The number of ether oxygens (including phenoxy) is 1. The molecule has 4 unspecified atom stereocenters. The van der Waals surface area contributed by atoms with Gasteiger partial charge in [-0.05, 0) is 54.2 Å². The van der Waals surface area contributed by atoms with Crippen molar-refractivity contribution < 1.29 is 4.74 Å². The van der Waals surface area contributed by atoms with E-state index in [0.29, 0.717) is 24.2 Å². The second-order valence-electron chi connectivity index (χ2n) is 5.37. The maximum Gasteiger partial charge on any atom is 0.0623 e. The van der Waals surface area contributed by atoms with E-state index in [2.05, 4.69) is 39.6 Å². The molecule has 1 N–H and O–H groups in total. The van der Waals surface area contributed by atoms with Gasteiger partial charge in [-0.1, -0.05) is 6.92 Å². The Balaban J connectivity index is 1.68. The smallest absolute Gasteiger partial charge is 0.0623 e. The van der Waals surface area contributed by atoms with Crippen molar-refractivity contribution in [3.05, 3.63) is 20.8 Å². The van der Waals surface area contributed by atoms with E-state index < -0.39 is 0 Å². The Bertz CT molecular complexity index is 408. The Hall–Kier alpha value is 0.1000. The molecule has 2 saturated heterocycles. The van der Waals surface area contributed by atoms with Gasteiger partial charge in [0.15, 0.2) is 0 Å². The molecule has 0 aliphatic carbocycles. The van der Waals surface area contributed by atoms with Gasteiger partial charge >= 0.3 is 0 Å². The minimum atomic E-state index is 0.516. The molecule has 2 nitrogen and oxygen atoms in total. The highest BCUT2D eigenvalue weighted by molar-refractivity contribution is 9.10. The molecule has 4 atom stereocenters. The fraction of sp³-hybridized carbons (Fsp3) is 0.714. The van der Waals surface area contributed by atoms with Crippen LogP contribution in [0.3, 0.4) is 0 Å². The normalized spacial score (nSPS) is 32.0. The Morgan fingerprint density at radius 2 is 2.44 bits per heavy atom. The van der Waals surface area contributed by atoms with E-state index >= 15 is 0 Å². The zero-order chi connectivity index (χ0) is 12.5. The summed E-state index contributed by atoms with van der Waals surface area (Å²) in [6, 6.07) is 2.83. The summed E-state index contributed by atoms with van der Waals surface area (Å²) in [7, 11) is 0. The Kier molecular flexibility index (Phi) is 4.09.